The van der Waals surface area contributed by atoms with Crippen LogP contribution in [0.15, 0.2) is 22.7 Å². The van der Waals surface area contributed by atoms with E-state index in [1.165, 1.54) is 11.3 Å². The molecule has 0 atom stereocenters. The van der Waals surface area contributed by atoms with Crippen LogP contribution in [0.1, 0.15) is 5.56 Å². The first-order chi connectivity index (χ1) is 9.70. The molecule has 1 aliphatic heterocycles. The molecular formula is C15H24BrN3O. The monoisotopic (exact) mass is 341 g/mol. The van der Waals surface area contributed by atoms with Gasteiger partial charge in [-0.25, -0.2) is 0 Å². The minimum Gasteiger partial charge on any atom is -0.383 e. The summed E-state index contributed by atoms with van der Waals surface area (Å²) in [5.41, 5.74) is 2.70. The third kappa shape index (κ3) is 4.45. The zero-order chi connectivity index (χ0) is 14.4. The summed E-state index contributed by atoms with van der Waals surface area (Å²) in [7, 11) is 3.92. The zero-order valence-corrected chi connectivity index (χ0v) is 13.9. The molecule has 0 unspecified atom stereocenters. The number of nitrogens with one attached hydrogen (secondary N) is 1. The number of hydrogen-bond acceptors (Lipinski definition) is 4. The van der Waals surface area contributed by atoms with E-state index in [0.717, 1.165) is 50.3 Å². The number of rotatable bonds is 6. The Morgan fingerprint density at radius 2 is 2.00 bits per heavy atom. The number of anilines is 1. The normalized spacial score (nSPS) is 16.6. The fraction of sp³-hybridized carbons (Fsp3) is 0.600. The average molecular weight is 342 g/mol. The number of benzene rings is 1. The summed E-state index contributed by atoms with van der Waals surface area (Å²) in [6, 6.07) is 6.56. The van der Waals surface area contributed by atoms with Crippen molar-refractivity contribution in [3.8, 4) is 0 Å². The number of methoxy groups -OCH3 is 1. The van der Waals surface area contributed by atoms with E-state index in [0.29, 0.717) is 0 Å². The zero-order valence-electron chi connectivity index (χ0n) is 12.4. The summed E-state index contributed by atoms with van der Waals surface area (Å²) in [5.74, 6) is 0. The van der Waals surface area contributed by atoms with Crippen LogP contribution >= 0.6 is 15.9 Å². The van der Waals surface area contributed by atoms with Crippen LogP contribution in [0, 0.1) is 0 Å². The second kappa shape index (κ2) is 7.98. The predicted molar refractivity (Wildman–Crippen MR) is 87.4 cm³/mol. The molecule has 0 saturated carbocycles. The van der Waals surface area contributed by atoms with Crippen molar-refractivity contribution >= 4 is 21.6 Å². The van der Waals surface area contributed by atoms with Gasteiger partial charge in [0.05, 0.1) is 6.61 Å². The molecule has 1 saturated heterocycles. The Bertz CT molecular complexity index is 420. The number of hydrogen-bond donors (Lipinski definition) is 1. The van der Waals surface area contributed by atoms with Crippen LogP contribution in [0.25, 0.3) is 0 Å². The summed E-state index contributed by atoms with van der Waals surface area (Å²) < 4.78 is 6.22. The second-order valence-electron chi connectivity index (χ2n) is 5.23. The quantitative estimate of drug-likeness (QED) is 0.800. The van der Waals surface area contributed by atoms with Crippen molar-refractivity contribution in [2.24, 2.45) is 0 Å². The van der Waals surface area contributed by atoms with Gasteiger partial charge in [-0.2, -0.15) is 0 Å². The van der Waals surface area contributed by atoms with Gasteiger partial charge in [0, 0.05) is 56.5 Å². The van der Waals surface area contributed by atoms with E-state index >= 15 is 0 Å². The van der Waals surface area contributed by atoms with Crippen molar-refractivity contribution in [3.63, 3.8) is 0 Å². The lowest BCUT2D eigenvalue weighted by Gasteiger charge is -2.35. The highest BCUT2D eigenvalue weighted by Crippen LogP contribution is 2.26. The second-order valence-corrected chi connectivity index (χ2v) is 6.15. The van der Waals surface area contributed by atoms with Gasteiger partial charge < -0.3 is 19.9 Å². The Hall–Kier alpha value is -0.620. The molecule has 2 rings (SSSR count). The van der Waals surface area contributed by atoms with Crippen LogP contribution in [0.5, 0.6) is 0 Å². The third-order valence-corrected chi connectivity index (χ3v) is 4.18. The van der Waals surface area contributed by atoms with Gasteiger partial charge in [-0.3, -0.25) is 0 Å². The molecule has 0 amide bonds. The summed E-state index contributed by atoms with van der Waals surface area (Å²) in [6.07, 6.45) is 0. The highest BCUT2D eigenvalue weighted by Gasteiger charge is 2.17. The van der Waals surface area contributed by atoms with Gasteiger partial charge in [-0.05, 0) is 24.7 Å². The van der Waals surface area contributed by atoms with Crippen molar-refractivity contribution in [3.05, 3.63) is 28.2 Å². The van der Waals surface area contributed by atoms with Gasteiger partial charge in [0.15, 0.2) is 0 Å². The van der Waals surface area contributed by atoms with Crippen LogP contribution in [0.4, 0.5) is 5.69 Å². The maximum absolute atomic E-state index is 5.07. The predicted octanol–water partition coefficient (Wildman–Crippen LogP) is 1.94. The lowest BCUT2D eigenvalue weighted by Crippen LogP contribution is -2.45. The van der Waals surface area contributed by atoms with Crippen molar-refractivity contribution in [2.75, 3.05) is 58.4 Å². The largest absolute Gasteiger partial charge is 0.383 e. The highest BCUT2D eigenvalue weighted by atomic mass is 79.9. The Morgan fingerprint density at radius 1 is 1.25 bits per heavy atom. The maximum Gasteiger partial charge on any atom is 0.0587 e. The van der Waals surface area contributed by atoms with E-state index in [2.05, 4.69) is 56.3 Å². The lowest BCUT2D eigenvalue weighted by molar-refractivity contribution is 0.199. The molecule has 4 nitrogen and oxygen atoms in total. The number of halogens is 1. The number of likely N-dealkylation sites (N-methyl/N-ethyl adjacent to an activating group) is 1. The molecule has 5 heteroatoms. The molecule has 1 heterocycles. The van der Waals surface area contributed by atoms with Gasteiger partial charge in [0.2, 0.25) is 0 Å². The number of nitrogens with zero attached hydrogens (tertiary/aromatic N) is 2. The molecule has 0 bridgehead atoms. The SMILES string of the molecule is COCCNCc1ccc(Br)cc1N1CCN(C)CC1. The summed E-state index contributed by atoms with van der Waals surface area (Å²) >= 11 is 3.59. The minimum atomic E-state index is 0.750. The molecule has 1 fully saturated rings. The minimum absolute atomic E-state index is 0.750. The summed E-state index contributed by atoms with van der Waals surface area (Å²) in [4.78, 5) is 4.86. The van der Waals surface area contributed by atoms with E-state index in [1.54, 1.807) is 7.11 Å². The van der Waals surface area contributed by atoms with Gasteiger partial charge in [0.1, 0.15) is 0 Å². The molecule has 20 heavy (non-hydrogen) atoms. The van der Waals surface area contributed by atoms with Crippen LogP contribution in [-0.4, -0.2) is 58.4 Å². The van der Waals surface area contributed by atoms with Crippen molar-refractivity contribution < 1.29 is 4.74 Å². The van der Waals surface area contributed by atoms with E-state index in [9.17, 15) is 0 Å². The Balaban J connectivity index is 2.03. The molecule has 112 valence electrons. The van der Waals surface area contributed by atoms with Crippen molar-refractivity contribution in [1.29, 1.82) is 0 Å². The Morgan fingerprint density at radius 3 is 2.70 bits per heavy atom. The average Bonchev–Trinajstić information content (AvgIpc) is 2.46. The van der Waals surface area contributed by atoms with Crippen LogP contribution < -0.4 is 10.2 Å². The van der Waals surface area contributed by atoms with Crippen LogP contribution in [-0.2, 0) is 11.3 Å². The van der Waals surface area contributed by atoms with Gasteiger partial charge >= 0.3 is 0 Å². The molecule has 0 aliphatic carbocycles. The summed E-state index contributed by atoms with van der Waals surface area (Å²) in [6.45, 7) is 6.97. The van der Waals surface area contributed by atoms with E-state index in [-0.39, 0.29) is 0 Å². The maximum atomic E-state index is 5.07. The van der Waals surface area contributed by atoms with Crippen molar-refractivity contribution in [2.45, 2.75) is 6.54 Å². The molecule has 1 aliphatic rings. The van der Waals surface area contributed by atoms with Gasteiger partial charge in [0.25, 0.3) is 0 Å². The van der Waals surface area contributed by atoms with Crippen molar-refractivity contribution in [1.82, 2.24) is 10.2 Å². The smallest absolute Gasteiger partial charge is 0.0587 e. The van der Waals surface area contributed by atoms with E-state index in [1.807, 2.05) is 0 Å². The third-order valence-electron chi connectivity index (χ3n) is 3.69. The Kier molecular flexibility index (Phi) is 6.29. The first-order valence-electron chi connectivity index (χ1n) is 7.12. The van der Waals surface area contributed by atoms with E-state index in [4.69, 9.17) is 4.74 Å². The first-order valence-corrected chi connectivity index (χ1v) is 7.91. The van der Waals surface area contributed by atoms with Crippen LogP contribution in [0.2, 0.25) is 0 Å². The molecular weight excluding hydrogens is 318 g/mol. The number of ether oxygens (including phenoxy) is 1. The van der Waals surface area contributed by atoms with E-state index < -0.39 is 0 Å². The number of piperazine rings is 1. The first kappa shape index (κ1) is 15.8. The topological polar surface area (TPSA) is 27.7 Å². The van der Waals surface area contributed by atoms with Gasteiger partial charge in [-0.15, -0.1) is 0 Å². The standard InChI is InChI=1S/C15H24BrN3O/c1-18-6-8-19(9-7-18)15-11-14(16)4-3-13(15)12-17-5-10-20-2/h3-4,11,17H,5-10,12H2,1-2H3. The molecule has 0 radical (unpaired) electrons. The highest BCUT2D eigenvalue weighted by molar-refractivity contribution is 9.10. The molecule has 0 aromatic heterocycles. The molecule has 0 spiro atoms. The molecule has 1 aromatic carbocycles. The Labute approximate surface area is 130 Å². The lowest BCUT2D eigenvalue weighted by atomic mass is 10.1. The van der Waals surface area contributed by atoms with Gasteiger partial charge in [-0.1, -0.05) is 22.0 Å². The van der Waals surface area contributed by atoms with Crippen LogP contribution in [0.3, 0.4) is 0 Å². The summed E-state index contributed by atoms with van der Waals surface area (Å²) in [5, 5.41) is 3.43. The molecule has 1 N–H and O–H groups in total. The fourth-order valence-electron chi connectivity index (χ4n) is 2.43. The fourth-order valence-corrected chi connectivity index (χ4v) is 2.77. The molecule has 1 aromatic rings.